The second-order valence-corrected chi connectivity index (χ2v) is 6.82. The minimum Gasteiger partial charge on any atom is -0.480 e. The van der Waals surface area contributed by atoms with Crippen molar-refractivity contribution in [3.05, 3.63) is 0 Å². The van der Waals surface area contributed by atoms with E-state index in [1.165, 1.54) is 0 Å². The summed E-state index contributed by atoms with van der Waals surface area (Å²) >= 11 is 0. The molecule has 0 spiro atoms. The van der Waals surface area contributed by atoms with E-state index in [4.69, 9.17) is 0 Å². The molecule has 1 aliphatic carbocycles. The molecule has 0 bridgehead atoms. The third-order valence-electron chi connectivity index (χ3n) is 4.48. The van der Waals surface area contributed by atoms with Crippen LogP contribution in [0, 0.1) is 0 Å². The first-order valence-corrected chi connectivity index (χ1v) is 7.30. The van der Waals surface area contributed by atoms with Gasteiger partial charge in [-0.1, -0.05) is 0 Å². The van der Waals surface area contributed by atoms with E-state index >= 15 is 0 Å². The molecule has 6 nitrogen and oxygen atoms in total. The van der Waals surface area contributed by atoms with Gasteiger partial charge in [-0.3, -0.25) is 4.90 Å². The zero-order chi connectivity index (χ0) is 15.0. The van der Waals surface area contributed by atoms with Crippen LogP contribution in [0.25, 0.3) is 0 Å². The first-order valence-electron chi connectivity index (χ1n) is 7.30. The monoisotopic (exact) mass is 283 g/mol. The standard InChI is InChI=1S/C14H25N3O3/c1-13(2,3)17-9-7-16(8-10-17)12(20)15-14(11(18)19)5-4-6-14/h4-10H2,1-3H3,(H,15,20)(H,18,19). The SMILES string of the molecule is CC(C)(C)N1CCN(C(=O)NC2(C(=O)O)CCC2)CC1. The zero-order valence-electron chi connectivity index (χ0n) is 12.6. The predicted octanol–water partition coefficient (Wildman–Crippen LogP) is 1.12. The highest BCUT2D eigenvalue weighted by Crippen LogP contribution is 2.32. The van der Waals surface area contributed by atoms with E-state index in [0.717, 1.165) is 19.5 Å². The smallest absolute Gasteiger partial charge is 0.329 e. The van der Waals surface area contributed by atoms with Crippen molar-refractivity contribution in [2.75, 3.05) is 26.2 Å². The minimum absolute atomic E-state index is 0.110. The molecule has 0 aromatic heterocycles. The van der Waals surface area contributed by atoms with Gasteiger partial charge < -0.3 is 15.3 Å². The van der Waals surface area contributed by atoms with Gasteiger partial charge in [-0.15, -0.1) is 0 Å². The van der Waals surface area contributed by atoms with Gasteiger partial charge in [-0.05, 0) is 40.0 Å². The molecule has 1 saturated heterocycles. The molecule has 6 heteroatoms. The molecule has 1 heterocycles. The van der Waals surface area contributed by atoms with Gasteiger partial charge in [0.1, 0.15) is 5.54 Å². The summed E-state index contributed by atoms with van der Waals surface area (Å²) in [6, 6.07) is -0.236. The number of rotatable bonds is 2. The van der Waals surface area contributed by atoms with Crippen molar-refractivity contribution in [2.45, 2.75) is 51.1 Å². The lowest BCUT2D eigenvalue weighted by molar-refractivity contribution is -0.148. The molecule has 2 aliphatic rings. The van der Waals surface area contributed by atoms with E-state index in [9.17, 15) is 14.7 Å². The Hall–Kier alpha value is -1.30. The molecule has 2 N–H and O–H groups in total. The molecule has 2 fully saturated rings. The van der Waals surface area contributed by atoms with Crippen molar-refractivity contribution < 1.29 is 14.7 Å². The Balaban J connectivity index is 1.88. The Kier molecular flexibility index (Phi) is 3.95. The maximum Gasteiger partial charge on any atom is 0.329 e. The molecule has 114 valence electrons. The van der Waals surface area contributed by atoms with Crippen LogP contribution in [-0.2, 0) is 4.79 Å². The molecule has 0 atom stereocenters. The Labute approximate surface area is 120 Å². The van der Waals surface area contributed by atoms with Gasteiger partial charge >= 0.3 is 12.0 Å². The van der Waals surface area contributed by atoms with Crippen LogP contribution in [0.15, 0.2) is 0 Å². The molecule has 0 unspecified atom stereocenters. The largest absolute Gasteiger partial charge is 0.480 e. The number of carboxylic acid groups (broad SMARTS) is 1. The summed E-state index contributed by atoms with van der Waals surface area (Å²) in [4.78, 5) is 27.5. The maximum absolute atomic E-state index is 12.2. The van der Waals surface area contributed by atoms with E-state index in [2.05, 4.69) is 31.0 Å². The van der Waals surface area contributed by atoms with Crippen LogP contribution in [-0.4, -0.2) is 64.2 Å². The number of nitrogens with one attached hydrogen (secondary N) is 1. The van der Waals surface area contributed by atoms with Gasteiger partial charge in [0.2, 0.25) is 0 Å². The fourth-order valence-electron chi connectivity index (χ4n) is 2.79. The Morgan fingerprint density at radius 3 is 2.00 bits per heavy atom. The molecule has 2 rings (SSSR count). The highest BCUT2D eigenvalue weighted by molar-refractivity contribution is 5.87. The predicted molar refractivity (Wildman–Crippen MR) is 75.6 cm³/mol. The first kappa shape index (κ1) is 15.1. The third kappa shape index (κ3) is 2.90. The number of carbonyl (C=O) groups is 2. The normalized spacial score (nSPS) is 23.1. The topological polar surface area (TPSA) is 72.9 Å². The molecule has 0 aromatic carbocycles. The quantitative estimate of drug-likeness (QED) is 0.796. The number of nitrogens with zero attached hydrogens (tertiary/aromatic N) is 2. The average molecular weight is 283 g/mol. The Morgan fingerprint density at radius 2 is 1.65 bits per heavy atom. The van der Waals surface area contributed by atoms with Crippen LogP contribution < -0.4 is 5.32 Å². The van der Waals surface area contributed by atoms with Crippen LogP contribution in [0.2, 0.25) is 0 Å². The maximum atomic E-state index is 12.2. The van der Waals surface area contributed by atoms with Crippen molar-refractivity contribution in [3.63, 3.8) is 0 Å². The zero-order valence-corrected chi connectivity index (χ0v) is 12.6. The summed E-state index contributed by atoms with van der Waals surface area (Å²) in [5, 5.41) is 12.0. The summed E-state index contributed by atoms with van der Waals surface area (Å²) in [5.74, 6) is -0.912. The first-order chi connectivity index (χ1) is 9.24. The van der Waals surface area contributed by atoms with Gasteiger partial charge in [0.25, 0.3) is 0 Å². The number of carboxylic acids is 1. The van der Waals surface area contributed by atoms with Crippen LogP contribution in [0.4, 0.5) is 4.79 Å². The minimum atomic E-state index is -1.02. The summed E-state index contributed by atoms with van der Waals surface area (Å²) in [7, 11) is 0. The average Bonchev–Trinajstić information content (AvgIpc) is 2.32. The van der Waals surface area contributed by atoms with Crippen molar-refractivity contribution in [1.29, 1.82) is 0 Å². The van der Waals surface area contributed by atoms with Crippen molar-refractivity contribution in [1.82, 2.24) is 15.1 Å². The van der Waals surface area contributed by atoms with Crippen LogP contribution in [0.3, 0.4) is 0 Å². The van der Waals surface area contributed by atoms with Gasteiger partial charge in [0.15, 0.2) is 0 Å². The van der Waals surface area contributed by atoms with E-state index in [0.29, 0.717) is 25.9 Å². The van der Waals surface area contributed by atoms with E-state index in [1.807, 2.05) is 0 Å². The summed E-state index contributed by atoms with van der Waals surface area (Å²) in [6.45, 7) is 9.45. The molecule has 1 aliphatic heterocycles. The lowest BCUT2D eigenvalue weighted by atomic mass is 9.77. The molecule has 2 amide bonds. The lowest BCUT2D eigenvalue weighted by Gasteiger charge is -2.44. The van der Waals surface area contributed by atoms with E-state index < -0.39 is 11.5 Å². The van der Waals surface area contributed by atoms with E-state index in [-0.39, 0.29) is 11.6 Å². The van der Waals surface area contributed by atoms with Crippen LogP contribution in [0.1, 0.15) is 40.0 Å². The highest BCUT2D eigenvalue weighted by atomic mass is 16.4. The van der Waals surface area contributed by atoms with Crippen LogP contribution in [0.5, 0.6) is 0 Å². The van der Waals surface area contributed by atoms with Crippen molar-refractivity contribution in [3.8, 4) is 0 Å². The van der Waals surface area contributed by atoms with E-state index in [1.54, 1.807) is 4.90 Å². The molecular weight excluding hydrogens is 258 g/mol. The second kappa shape index (κ2) is 5.24. The summed E-state index contributed by atoms with van der Waals surface area (Å²) in [6.07, 6.45) is 1.94. The number of hydrogen-bond acceptors (Lipinski definition) is 3. The second-order valence-electron chi connectivity index (χ2n) is 6.82. The fraction of sp³-hybridized carbons (Fsp3) is 0.857. The van der Waals surface area contributed by atoms with Gasteiger partial charge in [0.05, 0.1) is 0 Å². The van der Waals surface area contributed by atoms with Gasteiger partial charge in [-0.2, -0.15) is 0 Å². The van der Waals surface area contributed by atoms with Gasteiger partial charge in [0, 0.05) is 31.7 Å². The highest BCUT2D eigenvalue weighted by Gasteiger charge is 2.46. The van der Waals surface area contributed by atoms with Gasteiger partial charge in [-0.25, -0.2) is 9.59 Å². The lowest BCUT2D eigenvalue weighted by Crippen LogP contribution is -2.64. The summed E-state index contributed by atoms with van der Waals surface area (Å²) < 4.78 is 0. The third-order valence-corrected chi connectivity index (χ3v) is 4.48. The molecule has 0 radical (unpaired) electrons. The van der Waals surface area contributed by atoms with Crippen molar-refractivity contribution in [2.24, 2.45) is 0 Å². The fourth-order valence-corrected chi connectivity index (χ4v) is 2.79. The molecule has 20 heavy (non-hydrogen) atoms. The number of piperazine rings is 1. The summed E-state index contributed by atoms with van der Waals surface area (Å²) in [5.41, 5.74) is -0.906. The number of aliphatic carboxylic acids is 1. The Morgan fingerprint density at radius 1 is 1.10 bits per heavy atom. The molecule has 0 aromatic rings. The molecule has 1 saturated carbocycles. The Bertz CT molecular complexity index is 391. The molecular formula is C14H25N3O3. The van der Waals surface area contributed by atoms with Crippen molar-refractivity contribution >= 4 is 12.0 Å². The number of hydrogen-bond donors (Lipinski definition) is 2. The number of urea groups is 1. The number of carbonyl (C=O) groups excluding carboxylic acids is 1. The number of amides is 2. The van der Waals surface area contributed by atoms with Crippen LogP contribution >= 0.6 is 0 Å².